The Hall–Kier alpha value is -2.90. The highest BCUT2D eigenvalue weighted by Gasteiger charge is 2.43. The topological polar surface area (TPSA) is 116 Å². The molecule has 8 nitrogen and oxygen atoms in total. The van der Waals surface area contributed by atoms with Crippen molar-refractivity contribution in [1.29, 1.82) is 0 Å². The Morgan fingerprint density at radius 2 is 2.11 bits per heavy atom. The number of nitrogens with one attached hydrogen (secondary N) is 2. The van der Waals surface area contributed by atoms with Crippen LogP contribution < -0.4 is 10.6 Å². The molecule has 0 aliphatic carbocycles. The number of aliphatic carboxylic acids is 1. The molecule has 3 N–H and O–H groups in total. The molecule has 0 aromatic heterocycles. The quantitative estimate of drug-likeness (QED) is 0.676. The summed E-state index contributed by atoms with van der Waals surface area (Å²) < 4.78 is 0. The third kappa shape index (κ3) is 3.94. The van der Waals surface area contributed by atoms with E-state index in [0.717, 1.165) is 12.8 Å². The second-order valence-electron chi connectivity index (χ2n) is 7.31. The van der Waals surface area contributed by atoms with Gasteiger partial charge in [-0.25, -0.2) is 4.79 Å². The number of hydrogen-bond donors (Lipinski definition) is 3. The van der Waals surface area contributed by atoms with Crippen molar-refractivity contribution in [1.82, 2.24) is 15.5 Å². The van der Waals surface area contributed by atoms with E-state index in [9.17, 15) is 19.2 Å². The summed E-state index contributed by atoms with van der Waals surface area (Å²) in [5, 5.41) is 13.7. The van der Waals surface area contributed by atoms with Gasteiger partial charge >= 0.3 is 12.0 Å². The first-order chi connectivity index (χ1) is 12.8. The molecule has 4 amide bonds. The van der Waals surface area contributed by atoms with Crippen molar-refractivity contribution in [2.24, 2.45) is 5.92 Å². The van der Waals surface area contributed by atoms with Crippen LogP contribution in [0.4, 0.5) is 4.79 Å². The fourth-order valence-electron chi connectivity index (χ4n) is 3.71. The maximum atomic E-state index is 12.9. The van der Waals surface area contributed by atoms with Gasteiger partial charge in [0.15, 0.2) is 0 Å². The molecule has 3 rings (SSSR count). The minimum atomic E-state index is -1.21. The first-order valence-corrected chi connectivity index (χ1v) is 9.05. The number of benzene rings is 1. The van der Waals surface area contributed by atoms with E-state index in [1.54, 1.807) is 36.1 Å². The predicted molar refractivity (Wildman–Crippen MR) is 96.0 cm³/mol. The maximum Gasteiger partial charge on any atom is 0.322 e. The maximum absolute atomic E-state index is 12.9. The average molecular weight is 373 g/mol. The molecule has 1 aromatic carbocycles. The van der Waals surface area contributed by atoms with Crippen molar-refractivity contribution < 1.29 is 24.3 Å². The van der Waals surface area contributed by atoms with Crippen LogP contribution in [0.5, 0.6) is 0 Å². The Labute approximate surface area is 156 Å². The molecular weight excluding hydrogens is 350 g/mol. The van der Waals surface area contributed by atoms with Crippen LogP contribution in [0.2, 0.25) is 0 Å². The number of nitrogens with zero attached hydrogens (tertiary/aromatic N) is 1. The summed E-state index contributed by atoms with van der Waals surface area (Å²) in [6.45, 7) is 2.76. The van der Waals surface area contributed by atoms with Gasteiger partial charge in [0.05, 0.1) is 0 Å². The number of likely N-dealkylation sites (tertiary alicyclic amines) is 1. The zero-order valence-corrected chi connectivity index (χ0v) is 15.2. The minimum Gasteiger partial charge on any atom is -0.481 e. The van der Waals surface area contributed by atoms with Crippen LogP contribution in [0.25, 0.3) is 0 Å². The SMILES string of the molecule is CC1(c2cccc(C(=O)N3CCCC(CCC(=O)O)C3)c2)NC(=O)NC1=O. The Balaban J connectivity index is 1.75. The van der Waals surface area contributed by atoms with E-state index in [0.29, 0.717) is 30.6 Å². The highest BCUT2D eigenvalue weighted by atomic mass is 16.4. The normalized spacial score (nSPS) is 25.1. The van der Waals surface area contributed by atoms with E-state index in [1.165, 1.54) is 0 Å². The van der Waals surface area contributed by atoms with Gasteiger partial charge < -0.3 is 15.3 Å². The smallest absolute Gasteiger partial charge is 0.322 e. The van der Waals surface area contributed by atoms with Gasteiger partial charge in [-0.2, -0.15) is 0 Å². The molecule has 8 heteroatoms. The summed E-state index contributed by atoms with van der Waals surface area (Å²) in [5.41, 5.74) is -0.225. The van der Waals surface area contributed by atoms with Crippen LogP contribution in [0.15, 0.2) is 24.3 Å². The number of amides is 4. The first kappa shape index (κ1) is 18.9. The van der Waals surface area contributed by atoms with E-state index in [4.69, 9.17) is 5.11 Å². The molecule has 2 aliphatic rings. The molecule has 2 aliphatic heterocycles. The van der Waals surface area contributed by atoms with E-state index >= 15 is 0 Å². The molecule has 2 atom stereocenters. The number of carboxylic acid groups (broad SMARTS) is 1. The van der Waals surface area contributed by atoms with Crippen molar-refractivity contribution in [2.75, 3.05) is 13.1 Å². The summed E-state index contributed by atoms with van der Waals surface area (Å²) in [5.74, 6) is -1.25. The van der Waals surface area contributed by atoms with E-state index in [-0.39, 0.29) is 18.2 Å². The molecule has 2 saturated heterocycles. The first-order valence-electron chi connectivity index (χ1n) is 9.05. The Kier molecular flexibility index (Phi) is 5.16. The molecule has 1 aromatic rings. The van der Waals surface area contributed by atoms with Gasteiger partial charge in [0.2, 0.25) is 0 Å². The number of imide groups is 1. The summed E-state index contributed by atoms with van der Waals surface area (Å²) in [6.07, 6.45) is 2.42. The molecule has 2 heterocycles. The molecule has 0 spiro atoms. The number of piperidine rings is 1. The van der Waals surface area contributed by atoms with Crippen LogP contribution in [-0.2, 0) is 15.1 Å². The van der Waals surface area contributed by atoms with Crippen molar-refractivity contribution >= 4 is 23.8 Å². The van der Waals surface area contributed by atoms with Crippen molar-refractivity contribution in [2.45, 2.75) is 38.1 Å². The van der Waals surface area contributed by atoms with Crippen molar-refractivity contribution in [3.05, 3.63) is 35.4 Å². The molecule has 0 saturated carbocycles. The average Bonchev–Trinajstić information content (AvgIpc) is 2.92. The zero-order valence-electron chi connectivity index (χ0n) is 15.2. The Morgan fingerprint density at radius 3 is 2.78 bits per heavy atom. The minimum absolute atomic E-state index is 0.106. The third-order valence-electron chi connectivity index (χ3n) is 5.30. The van der Waals surface area contributed by atoms with E-state index < -0.39 is 23.4 Å². The lowest BCUT2D eigenvalue weighted by Crippen LogP contribution is -2.42. The van der Waals surface area contributed by atoms with Gasteiger partial charge in [0.1, 0.15) is 5.54 Å². The van der Waals surface area contributed by atoms with E-state index in [1.807, 2.05) is 0 Å². The lowest BCUT2D eigenvalue weighted by atomic mass is 9.90. The third-order valence-corrected chi connectivity index (χ3v) is 5.30. The fraction of sp³-hybridized carbons (Fsp3) is 0.474. The zero-order chi connectivity index (χ0) is 19.6. The van der Waals surface area contributed by atoms with Gasteiger partial charge in [-0.05, 0) is 49.8 Å². The van der Waals surface area contributed by atoms with Crippen molar-refractivity contribution in [3.63, 3.8) is 0 Å². The number of carboxylic acids is 1. The summed E-state index contributed by atoms with van der Waals surface area (Å²) >= 11 is 0. The molecule has 0 radical (unpaired) electrons. The summed E-state index contributed by atoms with van der Waals surface area (Å²) in [7, 11) is 0. The highest BCUT2D eigenvalue weighted by molar-refractivity contribution is 6.07. The second-order valence-corrected chi connectivity index (χ2v) is 7.31. The number of carbonyl (C=O) groups is 4. The number of urea groups is 1. The molecule has 2 unspecified atom stereocenters. The molecule has 144 valence electrons. The molecule has 2 fully saturated rings. The lowest BCUT2D eigenvalue weighted by Gasteiger charge is -2.33. The fourth-order valence-corrected chi connectivity index (χ4v) is 3.71. The van der Waals surface area contributed by atoms with Gasteiger partial charge in [-0.1, -0.05) is 12.1 Å². The molecule has 27 heavy (non-hydrogen) atoms. The van der Waals surface area contributed by atoms with Crippen LogP contribution in [0.3, 0.4) is 0 Å². The standard InChI is InChI=1S/C19H23N3O5/c1-19(17(26)20-18(27)21-19)14-6-2-5-13(10-14)16(25)22-9-3-4-12(11-22)7-8-15(23)24/h2,5-6,10,12H,3-4,7-9,11H2,1H3,(H,23,24)(H2,20,21,26,27). The van der Waals surface area contributed by atoms with Crippen molar-refractivity contribution in [3.8, 4) is 0 Å². The van der Waals surface area contributed by atoms with E-state index in [2.05, 4.69) is 10.6 Å². The van der Waals surface area contributed by atoms with Gasteiger partial charge in [0.25, 0.3) is 11.8 Å². The summed E-state index contributed by atoms with van der Waals surface area (Å²) in [6, 6.07) is 6.15. The highest BCUT2D eigenvalue weighted by Crippen LogP contribution is 2.27. The number of hydrogen-bond acceptors (Lipinski definition) is 4. The second kappa shape index (κ2) is 7.38. The van der Waals surface area contributed by atoms with Crippen LogP contribution in [0, 0.1) is 5.92 Å². The molecular formula is C19H23N3O5. The van der Waals surface area contributed by atoms with Gasteiger partial charge in [-0.15, -0.1) is 0 Å². The van der Waals surface area contributed by atoms with Crippen LogP contribution in [0.1, 0.15) is 48.5 Å². The number of carbonyl (C=O) groups excluding carboxylic acids is 3. The predicted octanol–water partition coefficient (Wildman–Crippen LogP) is 1.46. The van der Waals surface area contributed by atoms with Crippen LogP contribution in [-0.4, -0.2) is 46.9 Å². The van der Waals surface area contributed by atoms with Gasteiger partial charge in [-0.3, -0.25) is 19.7 Å². The lowest BCUT2D eigenvalue weighted by molar-refractivity contribution is -0.137. The Bertz CT molecular complexity index is 793. The largest absolute Gasteiger partial charge is 0.481 e. The van der Waals surface area contributed by atoms with Crippen LogP contribution >= 0.6 is 0 Å². The van der Waals surface area contributed by atoms with Gasteiger partial charge in [0, 0.05) is 25.1 Å². The summed E-state index contributed by atoms with van der Waals surface area (Å²) in [4.78, 5) is 49.1. The monoisotopic (exact) mass is 373 g/mol. The molecule has 0 bridgehead atoms. The number of rotatable bonds is 5. The Morgan fingerprint density at radius 1 is 1.33 bits per heavy atom.